The van der Waals surface area contributed by atoms with Crippen LogP contribution in [0.3, 0.4) is 0 Å². The summed E-state index contributed by atoms with van der Waals surface area (Å²) in [7, 11) is 0. The molecule has 1 aromatic carbocycles. The van der Waals surface area contributed by atoms with Gasteiger partial charge in [-0.15, -0.1) is 0 Å². The van der Waals surface area contributed by atoms with Crippen LogP contribution < -0.4 is 15.5 Å². The number of aryl methyl sites for hydroxylation is 2. The standard InChI is InChI=1S/C20H24N4O3/c1-14-9-15(2)11-16(10-14)20(26)22-13-19(25)23-17-3-4-18(21-12-17)24-5-7-27-8-6-24/h3-4,9-12H,5-8,13H2,1-2H3,(H,22,26)(H,23,25). The van der Waals surface area contributed by atoms with Crippen molar-refractivity contribution in [1.29, 1.82) is 0 Å². The molecule has 2 aromatic rings. The molecule has 0 unspecified atom stereocenters. The van der Waals surface area contributed by atoms with E-state index in [1.807, 2.05) is 26.0 Å². The van der Waals surface area contributed by atoms with E-state index >= 15 is 0 Å². The van der Waals surface area contributed by atoms with Crippen LogP contribution in [-0.2, 0) is 9.53 Å². The van der Waals surface area contributed by atoms with Crippen LogP contribution in [0.4, 0.5) is 11.5 Å². The van der Waals surface area contributed by atoms with Crippen LogP contribution in [0.2, 0.25) is 0 Å². The predicted octanol–water partition coefficient (Wildman–Crippen LogP) is 1.90. The van der Waals surface area contributed by atoms with Crippen molar-refractivity contribution >= 4 is 23.3 Å². The van der Waals surface area contributed by atoms with Gasteiger partial charge in [0.15, 0.2) is 0 Å². The van der Waals surface area contributed by atoms with E-state index < -0.39 is 0 Å². The summed E-state index contributed by atoms with van der Waals surface area (Å²) >= 11 is 0. The van der Waals surface area contributed by atoms with Gasteiger partial charge in [0.1, 0.15) is 5.82 Å². The number of morpholine rings is 1. The molecule has 0 atom stereocenters. The molecule has 1 aromatic heterocycles. The first-order valence-electron chi connectivity index (χ1n) is 8.96. The molecule has 0 bridgehead atoms. The van der Waals surface area contributed by atoms with Crippen molar-refractivity contribution in [2.24, 2.45) is 0 Å². The SMILES string of the molecule is Cc1cc(C)cc(C(=O)NCC(=O)Nc2ccc(N3CCOCC3)nc2)c1. The molecule has 0 saturated carbocycles. The summed E-state index contributed by atoms with van der Waals surface area (Å²) < 4.78 is 5.33. The fourth-order valence-corrected chi connectivity index (χ4v) is 3.01. The number of anilines is 2. The zero-order valence-electron chi connectivity index (χ0n) is 15.6. The van der Waals surface area contributed by atoms with Gasteiger partial charge in [-0.3, -0.25) is 9.59 Å². The quantitative estimate of drug-likeness (QED) is 0.842. The molecule has 2 amide bonds. The van der Waals surface area contributed by atoms with E-state index in [1.54, 1.807) is 24.4 Å². The van der Waals surface area contributed by atoms with Crippen molar-refractivity contribution in [3.63, 3.8) is 0 Å². The van der Waals surface area contributed by atoms with Crippen molar-refractivity contribution < 1.29 is 14.3 Å². The van der Waals surface area contributed by atoms with Gasteiger partial charge in [-0.1, -0.05) is 17.2 Å². The molecule has 7 nitrogen and oxygen atoms in total. The Bertz CT molecular complexity index is 794. The number of nitrogens with one attached hydrogen (secondary N) is 2. The van der Waals surface area contributed by atoms with Gasteiger partial charge in [-0.05, 0) is 38.1 Å². The number of carbonyl (C=O) groups is 2. The number of nitrogens with zero attached hydrogens (tertiary/aromatic N) is 2. The van der Waals surface area contributed by atoms with Gasteiger partial charge in [-0.25, -0.2) is 4.98 Å². The molecule has 0 spiro atoms. The Morgan fingerprint density at radius 2 is 1.81 bits per heavy atom. The molecule has 27 heavy (non-hydrogen) atoms. The minimum atomic E-state index is -0.298. The molecule has 7 heteroatoms. The van der Waals surface area contributed by atoms with Gasteiger partial charge in [0.2, 0.25) is 5.91 Å². The third-order valence-electron chi connectivity index (χ3n) is 4.26. The van der Waals surface area contributed by atoms with Crippen LogP contribution in [0.15, 0.2) is 36.5 Å². The lowest BCUT2D eigenvalue weighted by Crippen LogP contribution is -2.36. The van der Waals surface area contributed by atoms with Crippen molar-refractivity contribution in [1.82, 2.24) is 10.3 Å². The van der Waals surface area contributed by atoms with E-state index in [1.165, 1.54) is 0 Å². The number of ether oxygens (including phenoxy) is 1. The lowest BCUT2D eigenvalue weighted by Gasteiger charge is -2.27. The lowest BCUT2D eigenvalue weighted by molar-refractivity contribution is -0.115. The Kier molecular flexibility index (Phi) is 6.03. The maximum absolute atomic E-state index is 12.2. The van der Waals surface area contributed by atoms with Crippen LogP contribution in [0.25, 0.3) is 0 Å². The molecule has 1 fully saturated rings. The fourth-order valence-electron chi connectivity index (χ4n) is 3.01. The van der Waals surface area contributed by atoms with Crippen LogP contribution >= 0.6 is 0 Å². The summed E-state index contributed by atoms with van der Waals surface area (Å²) in [5.41, 5.74) is 3.17. The van der Waals surface area contributed by atoms with E-state index in [-0.39, 0.29) is 18.4 Å². The molecule has 1 aliphatic heterocycles. The second-order valence-corrected chi connectivity index (χ2v) is 6.61. The molecular formula is C20H24N4O3. The summed E-state index contributed by atoms with van der Waals surface area (Å²) in [6, 6.07) is 9.27. The number of rotatable bonds is 5. The average molecular weight is 368 g/mol. The topological polar surface area (TPSA) is 83.6 Å². The highest BCUT2D eigenvalue weighted by molar-refractivity contribution is 5.99. The molecule has 3 rings (SSSR count). The third-order valence-corrected chi connectivity index (χ3v) is 4.26. The van der Waals surface area contributed by atoms with Gasteiger partial charge in [0.25, 0.3) is 5.91 Å². The van der Waals surface area contributed by atoms with Crippen molar-refractivity contribution in [3.05, 3.63) is 53.2 Å². The molecular weight excluding hydrogens is 344 g/mol. The van der Waals surface area contributed by atoms with Gasteiger partial charge in [0, 0.05) is 18.7 Å². The zero-order chi connectivity index (χ0) is 19.2. The largest absolute Gasteiger partial charge is 0.378 e. The summed E-state index contributed by atoms with van der Waals surface area (Å²) in [6.07, 6.45) is 1.62. The summed E-state index contributed by atoms with van der Waals surface area (Å²) in [4.78, 5) is 30.8. The minimum absolute atomic E-state index is 0.100. The highest BCUT2D eigenvalue weighted by Gasteiger charge is 2.13. The Labute approximate surface area is 158 Å². The Balaban J connectivity index is 1.50. The first kappa shape index (κ1) is 18.8. The third kappa shape index (κ3) is 5.27. The number of carbonyl (C=O) groups excluding carboxylic acids is 2. The molecule has 2 N–H and O–H groups in total. The van der Waals surface area contributed by atoms with E-state index in [0.29, 0.717) is 24.5 Å². The first-order valence-corrected chi connectivity index (χ1v) is 8.96. The molecule has 0 radical (unpaired) electrons. The number of pyridine rings is 1. The highest BCUT2D eigenvalue weighted by atomic mass is 16.5. The molecule has 1 saturated heterocycles. The predicted molar refractivity (Wildman–Crippen MR) is 104 cm³/mol. The number of benzene rings is 1. The molecule has 142 valence electrons. The number of hydrogen-bond donors (Lipinski definition) is 2. The first-order chi connectivity index (χ1) is 13.0. The minimum Gasteiger partial charge on any atom is -0.378 e. The Morgan fingerprint density at radius 1 is 1.11 bits per heavy atom. The average Bonchev–Trinajstić information content (AvgIpc) is 2.66. The molecule has 2 heterocycles. The van der Waals surface area contributed by atoms with E-state index in [4.69, 9.17) is 4.74 Å². The van der Waals surface area contributed by atoms with Crippen LogP contribution in [0.5, 0.6) is 0 Å². The summed E-state index contributed by atoms with van der Waals surface area (Å²) in [6.45, 7) is 6.78. The number of aromatic nitrogens is 1. The highest BCUT2D eigenvalue weighted by Crippen LogP contribution is 2.15. The van der Waals surface area contributed by atoms with Gasteiger partial charge < -0.3 is 20.3 Å². The van der Waals surface area contributed by atoms with Crippen LogP contribution in [0.1, 0.15) is 21.5 Å². The monoisotopic (exact) mass is 368 g/mol. The lowest BCUT2D eigenvalue weighted by atomic mass is 10.1. The second-order valence-electron chi connectivity index (χ2n) is 6.61. The summed E-state index contributed by atoms with van der Waals surface area (Å²) in [5.74, 6) is 0.297. The summed E-state index contributed by atoms with van der Waals surface area (Å²) in [5, 5.41) is 5.39. The Hall–Kier alpha value is -2.93. The van der Waals surface area contributed by atoms with E-state index in [2.05, 4.69) is 20.5 Å². The second kappa shape index (κ2) is 8.64. The van der Waals surface area contributed by atoms with Crippen molar-refractivity contribution in [2.45, 2.75) is 13.8 Å². The normalized spacial score (nSPS) is 13.9. The Morgan fingerprint density at radius 3 is 2.44 bits per heavy atom. The number of amides is 2. The zero-order valence-corrected chi connectivity index (χ0v) is 15.6. The van der Waals surface area contributed by atoms with Crippen molar-refractivity contribution in [3.8, 4) is 0 Å². The van der Waals surface area contributed by atoms with Gasteiger partial charge >= 0.3 is 0 Å². The smallest absolute Gasteiger partial charge is 0.251 e. The van der Waals surface area contributed by atoms with Crippen LogP contribution in [0, 0.1) is 13.8 Å². The van der Waals surface area contributed by atoms with E-state index in [9.17, 15) is 9.59 Å². The maximum Gasteiger partial charge on any atom is 0.251 e. The van der Waals surface area contributed by atoms with Gasteiger partial charge in [0.05, 0.1) is 31.6 Å². The molecule has 0 aliphatic carbocycles. The van der Waals surface area contributed by atoms with Crippen LogP contribution in [-0.4, -0.2) is 49.6 Å². The van der Waals surface area contributed by atoms with Gasteiger partial charge in [-0.2, -0.15) is 0 Å². The molecule has 1 aliphatic rings. The number of hydrogen-bond acceptors (Lipinski definition) is 5. The fraction of sp³-hybridized carbons (Fsp3) is 0.350. The maximum atomic E-state index is 12.2. The van der Waals surface area contributed by atoms with E-state index in [0.717, 1.165) is 30.0 Å². The van der Waals surface area contributed by atoms with Crippen molar-refractivity contribution in [2.75, 3.05) is 43.1 Å².